The minimum Gasteiger partial charge on any atom is -0.490 e. The van der Waals surface area contributed by atoms with Crippen molar-refractivity contribution in [2.24, 2.45) is 23.7 Å². The highest BCUT2D eigenvalue weighted by atomic mass is 19.2. The van der Waals surface area contributed by atoms with E-state index in [4.69, 9.17) is 9.47 Å². The van der Waals surface area contributed by atoms with Crippen molar-refractivity contribution in [3.8, 4) is 11.5 Å². The predicted octanol–water partition coefficient (Wildman–Crippen LogP) is 8.73. The molecule has 2 nitrogen and oxygen atoms in total. The normalized spacial score (nSPS) is 16.5. The van der Waals surface area contributed by atoms with Gasteiger partial charge < -0.3 is 9.47 Å². The highest BCUT2D eigenvalue weighted by molar-refractivity contribution is 5.42. The van der Waals surface area contributed by atoms with Crippen LogP contribution >= 0.6 is 0 Å². The molecule has 180 valence electrons. The molecule has 5 atom stereocenters. The van der Waals surface area contributed by atoms with E-state index in [1.54, 1.807) is 13.0 Å². The highest BCUT2D eigenvalue weighted by Crippen LogP contribution is 2.33. The van der Waals surface area contributed by atoms with Crippen LogP contribution in [0.15, 0.2) is 6.07 Å². The smallest absolute Gasteiger partial charge is 0.204 e. The second-order valence-corrected chi connectivity index (χ2v) is 9.90. The monoisotopic (exact) mass is 440 g/mol. The Morgan fingerprint density at radius 2 is 1.39 bits per heavy atom. The molecule has 0 bridgehead atoms. The summed E-state index contributed by atoms with van der Waals surface area (Å²) in [5.74, 6) is 0.513. The maximum absolute atomic E-state index is 14.5. The molecule has 1 aromatic carbocycles. The van der Waals surface area contributed by atoms with Crippen molar-refractivity contribution in [1.29, 1.82) is 0 Å². The van der Waals surface area contributed by atoms with Gasteiger partial charge in [-0.05, 0) is 62.0 Å². The van der Waals surface area contributed by atoms with Crippen LogP contribution in [0.3, 0.4) is 0 Å². The van der Waals surface area contributed by atoms with Crippen LogP contribution in [-0.2, 0) is 0 Å². The first-order valence-corrected chi connectivity index (χ1v) is 12.4. The summed E-state index contributed by atoms with van der Waals surface area (Å²) in [6.07, 6.45) is 7.88. The van der Waals surface area contributed by atoms with Gasteiger partial charge in [-0.25, -0.2) is 0 Å². The summed E-state index contributed by atoms with van der Waals surface area (Å²) in [6, 6.07) is 1.55. The van der Waals surface area contributed by atoms with Gasteiger partial charge in [0.05, 0.1) is 12.7 Å². The lowest BCUT2D eigenvalue weighted by molar-refractivity contribution is 0.197. The molecule has 0 saturated carbocycles. The molecule has 0 aliphatic carbocycles. The number of ether oxygens (including phenoxy) is 2. The van der Waals surface area contributed by atoms with Gasteiger partial charge in [0.2, 0.25) is 11.6 Å². The molecule has 0 spiro atoms. The van der Waals surface area contributed by atoms with Crippen molar-refractivity contribution in [1.82, 2.24) is 0 Å². The van der Waals surface area contributed by atoms with Gasteiger partial charge in [0.1, 0.15) is 0 Å². The highest BCUT2D eigenvalue weighted by Gasteiger charge is 2.21. The van der Waals surface area contributed by atoms with Crippen LogP contribution in [0.2, 0.25) is 0 Å². The molecule has 0 N–H and O–H groups in total. The zero-order valence-electron chi connectivity index (χ0n) is 21.2. The van der Waals surface area contributed by atoms with Crippen LogP contribution in [-0.4, -0.2) is 12.7 Å². The number of aryl methyl sites for hydroxylation is 1. The summed E-state index contributed by atoms with van der Waals surface area (Å²) in [5.41, 5.74) is 0.557. The molecule has 0 amide bonds. The Bertz CT molecular complexity index is 647. The summed E-state index contributed by atoms with van der Waals surface area (Å²) in [5, 5.41) is 0. The van der Waals surface area contributed by atoms with Gasteiger partial charge in [0, 0.05) is 0 Å². The predicted molar refractivity (Wildman–Crippen MR) is 127 cm³/mol. The van der Waals surface area contributed by atoms with E-state index >= 15 is 0 Å². The molecule has 4 heteroatoms. The first-order valence-electron chi connectivity index (χ1n) is 12.4. The summed E-state index contributed by atoms with van der Waals surface area (Å²) in [4.78, 5) is 0. The average Bonchev–Trinajstić information content (AvgIpc) is 2.74. The summed E-state index contributed by atoms with van der Waals surface area (Å²) in [7, 11) is 0. The SMILES string of the molecule is CCCC(C)CCC(C)C(C)CCC(C)COc1cc(C)c(OC(C)CC)c(F)c1F. The molecule has 0 fully saturated rings. The molecule has 0 aliphatic heterocycles. The molecule has 1 aromatic rings. The van der Waals surface area contributed by atoms with Crippen molar-refractivity contribution in [2.45, 2.75) is 106 Å². The van der Waals surface area contributed by atoms with E-state index in [2.05, 4.69) is 34.6 Å². The molecule has 0 aromatic heterocycles. The molecular weight excluding hydrogens is 394 g/mol. The van der Waals surface area contributed by atoms with Gasteiger partial charge >= 0.3 is 0 Å². The Morgan fingerprint density at radius 1 is 0.806 bits per heavy atom. The molecule has 0 saturated heterocycles. The van der Waals surface area contributed by atoms with E-state index in [0.29, 0.717) is 24.0 Å². The fourth-order valence-electron chi connectivity index (χ4n) is 3.86. The fraction of sp³-hybridized carbons (Fsp3) is 0.778. The third kappa shape index (κ3) is 9.37. The topological polar surface area (TPSA) is 18.5 Å². The molecule has 1 rings (SSSR count). The first-order chi connectivity index (χ1) is 14.6. The largest absolute Gasteiger partial charge is 0.490 e. The van der Waals surface area contributed by atoms with Gasteiger partial charge in [-0.2, -0.15) is 8.78 Å². The minimum absolute atomic E-state index is 0.0108. The van der Waals surface area contributed by atoms with Gasteiger partial charge in [-0.3, -0.25) is 0 Å². The van der Waals surface area contributed by atoms with Crippen molar-refractivity contribution in [3.05, 3.63) is 23.3 Å². The molecule has 0 heterocycles. The molecule has 5 unspecified atom stereocenters. The van der Waals surface area contributed by atoms with Crippen molar-refractivity contribution in [3.63, 3.8) is 0 Å². The Balaban J connectivity index is 2.52. The van der Waals surface area contributed by atoms with E-state index in [9.17, 15) is 8.78 Å². The minimum atomic E-state index is -0.959. The lowest BCUT2D eigenvalue weighted by atomic mass is 9.84. The van der Waals surface area contributed by atoms with Gasteiger partial charge in [-0.15, -0.1) is 0 Å². The number of benzene rings is 1. The third-order valence-corrected chi connectivity index (χ3v) is 6.71. The molecular formula is C27H46F2O2. The van der Waals surface area contributed by atoms with Crippen LogP contribution in [0.5, 0.6) is 11.5 Å². The van der Waals surface area contributed by atoms with Crippen LogP contribution in [0.25, 0.3) is 0 Å². The second kappa shape index (κ2) is 14.0. The van der Waals surface area contributed by atoms with E-state index in [1.807, 2.05) is 13.8 Å². The maximum atomic E-state index is 14.5. The first kappa shape index (κ1) is 27.7. The lowest BCUT2D eigenvalue weighted by Crippen LogP contribution is -2.15. The number of halogens is 2. The zero-order chi connectivity index (χ0) is 23.6. The van der Waals surface area contributed by atoms with Crippen molar-refractivity contribution < 1.29 is 18.3 Å². The lowest BCUT2D eigenvalue weighted by Gasteiger charge is -2.23. The van der Waals surface area contributed by atoms with Gasteiger partial charge in [0.25, 0.3) is 0 Å². The quantitative estimate of drug-likeness (QED) is 0.271. The fourth-order valence-corrected chi connectivity index (χ4v) is 3.86. The average molecular weight is 441 g/mol. The van der Waals surface area contributed by atoms with E-state index in [0.717, 1.165) is 25.2 Å². The van der Waals surface area contributed by atoms with E-state index < -0.39 is 11.6 Å². The third-order valence-electron chi connectivity index (χ3n) is 6.71. The molecule has 0 aliphatic rings. The Morgan fingerprint density at radius 3 is 1.94 bits per heavy atom. The zero-order valence-corrected chi connectivity index (χ0v) is 21.2. The van der Waals surface area contributed by atoms with Crippen molar-refractivity contribution >= 4 is 0 Å². The van der Waals surface area contributed by atoms with Crippen molar-refractivity contribution in [2.75, 3.05) is 6.61 Å². The van der Waals surface area contributed by atoms with Gasteiger partial charge in [-0.1, -0.05) is 73.6 Å². The Kier molecular flexibility index (Phi) is 12.5. The standard InChI is InChI=1S/C27H46F2O2/c1-9-11-18(3)12-14-20(5)21(6)15-13-19(4)17-30-24-16-22(7)27(26(29)25(24)28)31-23(8)10-2/h16,18-21,23H,9-15,17H2,1-8H3. The molecule has 0 radical (unpaired) electrons. The van der Waals surface area contributed by atoms with Crippen LogP contribution in [0.1, 0.15) is 99.0 Å². The van der Waals surface area contributed by atoms with E-state index in [1.165, 1.54) is 25.7 Å². The summed E-state index contributed by atoms with van der Waals surface area (Å²) in [6.45, 7) is 17.3. The van der Waals surface area contributed by atoms with Crippen LogP contribution < -0.4 is 9.47 Å². The van der Waals surface area contributed by atoms with Crippen LogP contribution in [0, 0.1) is 42.2 Å². The Labute approximate surface area is 190 Å². The van der Waals surface area contributed by atoms with E-state index in [-0.39, 0.29) is 23.5 Å². The summed E-state index contributed by atoms with van der Waals surface area (Å²) >= 11 is 0. The van der Waals surface area contributed by atoms with Gasteiger partial charge in [0.15, 0.2) is 11.5 Å². The Hall–Kier alpha value is -1.32. The number of hydrogen-bond acceptors (Lipinski definition) is 2. The maximum Gasteiger partial charge on any atom is 0.204 e. The molecule has 31 heavy (non-hydrogen) atoms. The summed E-state index contributed by atoms with van der Waals surface area (Å²) < 4.78 is 40.2. The second-order valence-electron chi connectivity index (χ2n) is 9.90. The number of rotatable bonds is 15. The van der Waals surface area contributed by atoms with Crippen LogP contribution in [0.4, 0.5) is 8.78 Å². The number of hydrogen-bond donors (Lipinski definition) is 0.